The number of carbonyl (C=O) groups excluding carboxylic acids is 2. The van der Waals surface area contributed by atoms with Crippen LogP contribution in [-0.4, -0.2) is 28.5 Å². The molecule has 3 aromatic rings. The van der Waals surface area contributed by atoms with Crippen LogP contribution in [0.1, 0.15) is 43.3 Å². The number of amides is 1. The normalized spacial score (nSPS) is 11.8. The highest BCUT2D eigenvalue weighted by atomic mass is 16.5. The second-order valence-electron chi connectivity index (χ2n) is 7.07. The third kappa shape index (κ3) is 5.53. The van der Waals surface area contributed by atoms with Crippen LogP contribution < -0.4 is 10.9 Å². The summed E-state index contributed by atoms with van der Waals surface area (Å²) >= 11 is 0. The fourth-order valence-corrected chi connectivity index (χ4v) is 3.10. The van der Waals surface area contributed by atoms with E-state index in [1.54, 1.807) is 24.3 Å². The van der Waals surface area contributed by atoms with Crippen molar-refractivity contribution in [2.45, 2.75) is 39.2 Å². The van der Waals surface area contributed by atoms with E-state index < -0.39 is 5.97 Å². The molecule has 0 bridgehead atoms. The number of carbonyl (C=O) groups is 2. The van der Waals surface area contributed by atoms with E-state index in [0.29, 0.717) is 16.7 Å². The van der Waals surface area contributed by atoms with Crippen molar-refractivity contribution in [2.24, 2.45) is 0 Å². The van der Waals surface area contributed by atoms with Crippen LogP contribution in [0.2, 0.25) is 0 Å². The molecule has 0 aliphatic carbocycles. The lowest BCUT2D eigenvalue weighted by Crippen LogP contribution is -2.31. The van der Waals surface area contributed by atoms with Crippen molar-refractivity contribution in [3.63, 3.8) is 0 Å². The summed E-state index contributed by atoms with van der Waals surface area (Å²) in [6, 6.07) is 14.8. The first-order chi connectivity index (χ1) is 14.5. The number of aromatic nitrogens is 2. The van der Waals surface area contributed by atoms with Crippen molar-refractivity contribution in [3.8, 4) is 0 Å². The van der Waals surface area contributed by atoms with Crippen LogP contribution in [0.5, 0.6) is 0 Å². The van der Waals surface area contributed by atoms with Crippen LogP contribution in [0.25, 0.3) is 10.9 Å². The number of nitrogens with one attached hydrogen (secondary N) is 2. The van der Waals surface area contributed by atoms with Crippen LogP contribution in [0.3, 0.4) is 0 Å². The highest BCUT2D eigenvalue weighted by Gasteiger charge is 2.13. The number of aromatic amines is 1. The first kappa shape index (κ1) is 21.2. The molecule has 1 aromatic heterocycles. The van der Waals surface area contributed by atoms with Gasteiger partial charge < -0.3 is 15.0 Å². The lowest BCUT2D eigenvalue weighted by Gasteiger charge is -2.15. The number of benzene rings is 2. The van der Waals surface area contributed by atoms with E-state index in [9.17, 15) is 14.4 Å². The molecule has 2 aromatic carbocycles. The van der Waals surface area contributed by atoms with Gasteiger partial charge in [-0.15, -0.1) is 0 Å². The molecule has 0 unspecified atom stereocenters. The maximum absolute atomic E-state index is 12.1. The molecule has 2 N–H and O–H groups in total. The first-order valence-corrected chi connectivity index (χ1v) is 9.98. The zero-order chi connectivity index (χ0) is 21.5. The summed E-state index contributed by atoms with van der Waals surface area (Å²) in [5.74, 6) is -0.488. The van der Waals surface area contributed by atoms with E-state index >= 15 is 0 Å². The summed E-state index contributed by atoms with van der Waals surface area (Å²) in [6.07, 6.45) is 1.20. The molecular weight excluding hydrogens is 382 g/mol. The topological polar surface area (TPSA) is 101 Å². The molecule has 1 amide bonds. The number of fused-ring (bicyclic) bond motifs is 1. The smallest absolute Gasteiger partial charge is 0.306 e. The Morgan fingerprint density at radius 2 is 1.87 bits per heavy atom. The molecule has 0 saturated carbocycles. The zero-order valence-corrected chi connectivity index (χ0v) is 17.1. The number of aryl methyl sites for hydroxylation is 2. The van der Waals surface area contributed by atoms with Crippen LogP contribution in [0.15, 0.2) is 53.3 Å². The van der Waals surface area contributed by atoms with Gasteiger partial charge in [0, 0.05) is 6.42 Å². The summed E-state index contributed by atoms with van der Waals surface area (Å²) in [7, 11) is 0. The van der Waals surface area contributed by atoms with Gasteiger partial charge >= 0.3 is 5.97 Å². The number of hydrogen-bond acceptors (Lipinski definition) is 5. The lowest BCUT2D eigenvalue weighted by molar-refractivity contribution is -0.148. The third-order valence-electron chi connectivity index (χ3n) is 4.86. The van der Waals surface area contributed by atoms with Gasteiger partial charge in [0.05, 0.1) is 23.4 Å². The van der Waals surface area contributed by atoms with Gasteiger partial charge in [0.25, 0.3) is 11.5 Å². The molecule has 0 radical (unpaired) electrons. The fraction of sp³-hybridized carbons (Fsp3) is 0.304. The third-order valence-corrected chi connectivity index (χ3v) is 4.86. The van der Waals surface area contributed by atoms with Crippen molar-refractivity contribution >= 4 is 22.8 Å². The quantitative estimate of drug-likeness (QED) is 0.559. The number of ether oxygens (including phenoxy) is 1. The molecule has 0 spiro atoms. The summed E-state index contributed by atoms with van der Waals surface area (Å²) in [4.78, 5) is 43.1. The largest absolute Gasteiger partial charge is 0.456 e. The molecule has 0 saturated heterocycles. The monoisotopic (exact) mass is 407 g/mol. The van der Waals surface area contributed by atoms with E-state index in [0.717, 1.165) is 12.0 Å². The summed E-state index contributed by atoms with van der Waals surface area (Å²) in [6.45, 7) is 3.61. The van der Waals surface area contributed by atoms with Crippen LogP contribution in [0.4, 0.5) is 0 Å². The SMILES string of the molecule is CCc1ccc([C@@H](C)NC(=O)COC(=O)CCc2nc3ccccc3c(=O)[nH]2)cc1. The van der Waals surface area contributed by atoms with Crippen molar-refractivity contribution in [1.82, 2.24) is 15.3 Å². The maximum atomic E-state index is 12.1. The Balaban J connectivity index is 1.46. The van der Waals surface area contributed by atoms with Crippen LogP contribution in [-0.2, 0) is 27.2 Å². The number of H-pyrrole nitrogens is 1. The Kier molecular flexibility index (Phi) is 6.95. The zero-order valence-electron chi connectivity index (χ0n) is 17.1. The minimum absolute atomic E-state index is 0.0165. The maximum Gasteiger partial charge on any atom is 0.306 e. The number of rotatable bonds is 8. The minimum Gasteiger partial charge on any atom is -0.456 e. The fourth-order valence-electron chi connectivity index (χ4n) is 3.10. The van der Waals surface area contributed by atoms with E-state index in [-0.39, 0.29) is 37.0 Å². The molecule has 30 heavy (non-hydrogen) atoms. The molecule has 3 rings (SSSR count). The second-order valence-corrected chi connectivity index (χ2v) is 7.07. The van der Waals surface area contributed by atoms with E-state index in [4.69, 9.17) is 4.74 Å². The molecule has 7 nitrogen and oxygen atoms in total. The Bertz CT molecular complexity index is 1090. The molecule has 0 aliphatic heterocycles. The van der Waals surface area contributed by atoms with E-state index in [1.165, 1.54) is 5.56 Å². The Labute approximate surface area is 174 Å². The number of para-hydroxylation sites is 1. The number of nitrogens with zero attached hydrogens (tertiary/aromatic N) is 1. The Morgan fingerprint density at radius 3 is 2.60 bits per heavy atom. The van der Waals surface area contributed by atoms with Crippen LogP contribution >= 0.6 is 0 Å². The molecule has 1 heterocycles. The van der Waals surface area contributed by atoms with Gasteiger partial charge in [-0.05, 0) is 36.6 Å². The first-order valence-electron chi connectivity index (χ1n) is 9.98. The molecule has 0 fully saturated rings. The highest BCUT2D eigenvalue weighted by molar-refractivity contribution is 5.81. The number of esters is 1. The molecule has 0 aliphatic rings. The highest BCUT2D eigenvalue weighted by Crippen LogP contribution is 2.13. The summed E-state index contributed by atoms with van der Waals surface area (Å²) < 4.78 is 5.05. The van der Waals surface area contributed by atoms with Gasteiger partial charge in [0.15, 0.2) is 6.61 Å². The standard InChI is InChI=1S/C23H25N3O4/c1-3-16-8-10-17(11-9-16)15(2)24-21(27)14-30-22(28)13-12-20-25-19-7-5-4-6-18(19)23(29)26-20/h4-11,15H,3,12-14H2,1-2H3,(H,24,27)(H,25,26,29)/t15-/m1/s1. The lowest BCUT2D eigenvalue weighted by atomic mass is 10.1. The van der Waals surface area contributed by atoms with Gasteiger partial charge in [-0.25, -0.2) is 4.98 Å². The molecule has 1 atom stereocenters. The summed E-state index contributed by atoms with van der Waals surface area (Å²) in [5, 5.41) is 3.31. The van der Waals surface area contributed by atoms with Gasteiger partial charge in [-0.1, -0.05) is 43.3 Å². The van der Waals surface area contributed by atoms with Crippen molar-refractivity contribution in [3.05, 3.63) is 75.8 Å². The Morgan fingerprint density at radius 1 is 1.13 bits per heavy atom. The van der Waals surface area contributed by atoms with Crippen molar-refractivity contribution in [2.75, 3.05) is 6.61 Å². The van der Waals surface area contributed by atoms with Crippen LogP contribution in [0, 0.1) is 0 Å². The van der Waals surface area contributed by atoms with E-state index in [1.807, 2.05) is 31.2 Å². The van der Waals surface area contributed by atoms with Gasteiger partial charge in [-0.3, -0.25) is 14.4 Å². The minimum atomic E-state index is -0.527. The predicted octanol–water partition coefficient (Wildman–Crippen LogP) is 2.84. The van der Waals surface area contributed by atoms with Crippen molar-refractivity contribution < 1.29 is 14.3 Å². The van der Waals surface area contributed by atoms with E-state index in [2.05, 4.69) is 22.2 Å². The van der Waals surface area contributed by atoms with Gasteiger partial charge in [0.1, 0.15) is 5.82 Å². The average molecular weight is 407 g/mol. The van der Waals surface area contributed by atoms with Crippen molar-refractivity contribution in [1.29, 1.82) is 0 Å². The summed E-state index contributed by atoms with van der Waals surface area (Å²) in [5.41, 5.74) is 2.54. The Hall–Kier alpha value is -3.48. The second kappa shape index (κ2) is 9.82. The molecular formula is C23H25N3O4. The molecule has 7 heteroatoms. The van der Waals surface area contributed by atoms with Gasteiger partial charge in [-0.2, -0.15) is 0 Å². The predicted molar refractivity (Wildman–Crippen MR) is 114 cm³/mol. The van der Waals surface area contributed by atoms with Gasteiger partial charge in [0.2, 0.25) is 0 Å². The molecule has 156 valence electrons. The average Bonchev–Trinajstić information content (AvgIpc) is 2.76. The number of hydrogen-bond donors (Lipinski definition) is 2.